The standard InChI is InChI=1S/C11H15NO7S.Na/c13-5-11(6-14,7-15)12-4-8-3-9(20(17,18)19)1-2-10(8)16;/h1-4,13-16H,5-7H2,(H,17,18,19);/q;+1/p-1. The molecule has 1 aromatic rings. The molecule has 0 bridgehead atoms. The van der Waals surface area contributed by atoms with Gasteiger partial charge >= 0.3 is 29.6 Å². The second-order valence-corrected chi connectivity index (χ2v) is 5.51. The van der Waals surface area contributed by atoms with Crippen LogP contribution in [0.5, 0.6) is 5.75 Å². The van der Waals surface area contributed by atoms with Gasteiger partial charge in [-0.15, -0.1) is 0 Å². The van der Waals surface area contributed by atoms with E-state index in [1.54, 1.807) is 0 Å². The maximum absolute atomic E-state index is 10.9. The first-order valence-electron chi connectivity index (χ1n) is 5.45. The summed E-state index contributed by atoms with van der Waals surface area (Å²) in [5, 5.41) is 36.7. The molecule has 0 radical (unpaired) electrons. The van der Waals surface area contributed by atoms with Crippen LogP contribution in [0.25, 0.3) is 0 Å². The number of phenolic OH excluding ortho intramolecular Hbond substituents is 1. The molecule has 0 unspecified atom stereocenters. The van der Waals surface area contributed by atoms with E-state index in [2.05, 4.69) is 4.99 Å². The maximum atomic E-state index is 10.9. The van der Waals surface area contributed by atoms with Gasteiger partial charge in [-0.05, 0) is 18.2 Å². The minimum absolute atomic E-state index is 0. The van der Waals surface area contributed by atoms with Crippen molar-refractivity contribution in [2.24, 2.45) is 4.99 Å². The Bertz CT molecular complexity index is 590. The summed E-state index contributed by atoms with van der Waals surface area (Å²) in [6.07, 6.45) is 0.965. The van der Waals surface area contributed by atoms with Crippen molar-refractivity contribution in [1.29, 1.82) is 0 Å². The Kier molecular flexibility index (Phi) is 8.00. The van der Waals surface area contributed by atoms with E-state index in [9.17, 15) is 18.1 Å². The monoisotopic (exact) mass is 327 g/mol. The van der Waals surface area contributed by atoms with Gasteiger partial charge in [0.2, 0.25) is 0 Å². The zero-order chi connectivity index (χ0) is 15.4. The molecule has 0 aromatic heterocycles. The fourth-order valence-corrected chi connectivity index (χ4v) is 1.78. The largest absolute Gasteiger partial charge is 1.00 e. The van der Waals surface area contributed by atoms with E-state index in [1.165, 1.54) is 0 Å². The SMILES string of the molecule is O=S(=O)([O-])c1ccc(O)c(C=NC(CO)(CO)CO)c1.[Na+]. The summed E-state index contributed by atoms with van der Waals surface area (Å²) in [5.41, 5.74) is -1.65. The zero-order valence-corrected chi connectivity index (χ0v) is 14.1. The zero-order valence-electron chi connectivity index (χ0n) is 11.3. The van der Waals surface area contributed by atoms with Crippen molar-refractivity contribution in [1.82, 2.24) is 0 Å². The van der Waals surface area contributed by atoms with Gasteiger partial charge in [0.1, 0.15) is 21.4 Å². The summed E-state index contributed by atoms with van der Waals surface area (Å²) in [6.45, 7) is -1.97. The Labute approximate surface area is 143 Å². The van der Waals surface area contributed by atoms with Gasteiger partial charge in [0.25, 0.3) is 0 Å². The van der Waals surface area contributed by atoms with Crippen LogP contribution in [0, 0.1) is 0 Å². The van der Waals surface area contributed by atoms with E-state index in [0.29, 0.717) is 0 Å². The predicted octanol–water partition coefficient (Wildman–Crippen LogP) is -4.57. The van der Waals surface area contributed by atoms with Gasteiger partial charge in [0.15, 0.2) is 0 Å². The number of hydrogen-bond donors (Lipinski definition) is 4. The van der Waals surface area contributed by atoms with Crippen LogP contribution in [0.3, 0.4) is 0 Å². The molecule has 1 aromatic carbocycles. The molecule has 0 saturated heterocycles. The van der Waals surface area contributed by atoms with Crippen molar-refractivity contribution >= 4 is 16.3 Å². The predicted molar refractivity (Wildman–Crippen MR) is 67.7 cm³/mol. The number of nitrogens with zero attached hydrogens (tertiary/aromatic N) is 1. The molecule has 8 nitrogen and oxygen atoms in total. The minimum atomic E-state index is -4.68. The van der Waals surface area contributed by atoms with Crippen LogP contribution in [-0.4, -0.2) is 65.0 Å². The van der Waals surface area contributed by atoms with Crippen LogP contribution >= 0.6 is 0 Å². The quantitative estimate of drug-likeness (QED) is 0.233. The number of rotatable bonds is 6. The second kappa shape index (κ2) is 8.20. The van der Waals surface area contributed by atoms with Crippen LogP contribution in [0.1, 0.15) is 5.56 Å². The van der Waals surface area contributed by atoms with Crippen molar-refractivity contribution in [2.45, 2.75) is 10.4 Å². The third-order valence-corrected chi connectivity index (χ3v) is 3.48. The van der Waals surface area contributed by atoms with Crippen LogP contribution in [0.4, 0.5) is 0 Å². The smallest absolute Gasteiger partial charge is 0.744 e. The van der Waals surface area contributed by atoms with E-state index >= 15 is 0 Å². The number of hydrogen-bond acceptors (Lipinski definition) is 8. The average molecular weight is 327 g/mol. The van der Waals surface area contributed by atoms with Crippen molar-refractivity contribution in [3.05, 3.63) is 23.8 Å². The number of aliphatic imine (C=N–C) groups is 1. The third-order valence-electron chi connectivity index (χ3n) is 2.65. The molecule has 0 aliphatic heterocycles. The molecular weight excluding hydrogens is 313 g/mol. The number of benzene rings is 1. The van der Waals surface area contributed by atoms with Gasteiger partial charge < -0.3 is 25.0 Å². The molecule has 0 fully saturated rings. The first kappa shape index (κ1) is 20.5. The Hall–Kier alpha value is -0.520. The molecule has 0 aliphatic carbocycles. The minimum Gasteiger partial charge on any atom is -0.744 e. The van der Waals surface area contributed by atoms with Crippen molar-refractivity contribution in [3.63, 3.8) is 0 Å². The summed E-state index contributed by atoms with van der Waals surface area (Å²) >= 11 is 0. The molecule has 21 heavy (non-hydrogen) atoms. The Morgan fingerprint density at radius 1 is 1.19 bits per heavy atom. The topological polar surface area (TPSA) is 150 Å². The van der Waals surface area contributed by atoms with Crippen molar-refractivity contribution < 1.29 is 63.0 Å². The molecule has 0 amide bonds. The number of aromatic hydroxyl groups is 1. The Balaban J connectivity index is 0.00000400. The summed E-state index contributed by atoms with van der Waals surface area (Å²) in [4.78, 5) is 3.18. The fourth-order valence-electron chi connectivity index (χ4n) is 1.27. The molecular formula is C11H14NNaO7S. The first-order chi connectivity index (χ1) is 9.28. The third kappa shape index (κ3) is 5.31. The molecule has 4 N–H and O–H groups in total. The fraction of sp³-hybridized carbons (Fsp3) is 0.364. The van der Waals surface area contributed by atoms with Gasteiger partial charge in [-0.2, -0.15) is 0 Å². The van der Waals surface area contributed by atoms with Gasteiger partial charge in [-0.1, -0.05) is 0 Å². The van der Waals surface area contributed by atoms with Gasteiger partial charge in [0, 0.05) is 11.8 Å². The Morgan fingerprint density at radius 3 is 2.14 bits per heavy atom. The van der Waals surface area contributed by atoms with Gasteiger partial charge in [-0.3, -0.25) is 4.99 Å². The number of aliphatic hydroxyl groups is 3. The molecule has 10 heteroatoms. The molecule has 0 atom stereocenters. The molecule has 0 saturated carbocycles. The molecule has 0 spiro atoms. The second-order valence-electron chi connectivity index (χ2n) is 4.13. The normalized spacial score (nSPS) is 12.4. The van der Waals surface area contributed by atoms with Crippen LogP contribution in [0.15, 0.2) is 28.1 Å². The van der Waals surface area contributed by atoms with E-state index in [-0.39, 0.29) is 40.9 Å². The summed E-state index contributed by atoms with van der Waals surface area (Å²) < 4.78 is 32.6. The van der Waals surface area contributed by atoms with Crippen LogP contribution < -0.4 is 29.6 Å². The molecule has 0 heterocycles. The van der Waals surface area contributed by atoms with Crippen molar-refractivity contribution in [2.75, 3.05) is 19.8 Å². The Morgan fingerprint density at radius 2 is 1.71 bits per heavy atom. The van der Waals surface area contributed by atoms with Crippen LogP contribution in [-0.2, 0) is 10.1 Å². The molecule has 1 rings (SSSR count). The van der Waals surface area contributed by atoms with Gasteiger partial charge in [-0.25, -0.2) is 8.42 Å². The van der Waals surface area contributed by atoms with Gasteiger partial charge in [0.05, 0.1) is 24.7 Å². The number of aliphatic hydroxyl groups excluding tert-OH is 3. The number of phenols is 1. The summed E-state index contributed by atoms with van der Waals surface area (Å²) in [7, 11) is -4.68. The van der Waals surface area contributed by atoms with E-state index in [4.69, 9.17) is 15.3 Å². The molecule has 0 aliphatic rings. The van der Waals surface area contributed by atoms with E-state index < -0.39 is 40.4 Å². The molecule has 112 valence electrons. The first-order valence-corrected chi connectivity index (χ1v) is 6.85. The van der Waals surface area contributed by atoms with Crippen molar-refractivity contribution in [3.8, 4) is 5.75 Å². The van der Waals surface area contributed by atoms with Crippen LogP contribution in [0.2, 0.25) is 0 Å². The maximum Gasteiger partial charge on any atom is 1.00 e. The summed E-state index contributed by atoms with van der Waals surface area (Å²) in [6, 6.07) is 2.84. The van der Waals surface area contributed by atoms with E-state index in [0.717, 1.165) is 24.4 Å². The van der Waals surface area contributed by atoms with E-state index in [1.807, 2.05) is 0 Å². The average Bonchev–Trinajstić information content (AvgIpc) is 2.41. The summed E-state index contributed by atoms with van der Waals surface area (Å²) in [5.74, 6) is -0.344.